The molecule has 2 unspecified atom stereocenters. The Morgan fingerprint density at radius 3 is 2.49 bits per heavy atom. The molecule has 2 aliphatic rings. The monoisotopic (exact) mass is 513 g/mol. The highest BCUT2D eigenvalue weighted by Crippen LogP contribution is 2.30. The molecule has 2 fully saturated rings. The number of carbonyl (C=O) groups is 2. The third-order valence-electron chi connectivity index (χ3n) is 5.53. The second-order valence-electron chi connectivity index (χ2n) is 8.24. The standard InChI is InChI=1S/C19H25F6N7O3/c1-11(29-13-9-28-30-15(33)14(13)19(23,24)25)10-35-17(34)32-4-2-3-31(5-6-32)16-26-7-12(8-27-16)18(20,21)22/h7-8,11,13-14,28-29H,2-6,9-10H2,1H3,(H,30,33)/t11-,13?,14?/m0/s1. The molecule has 1 aromatic rings. The lowest BCUT2D eigenvalue weighted by Gasteiger charge is -2.35. The number of hydrogen-bond donors (Lipinski definition) is 3. The van der Waals surface area contributed by atoms with Crippen LogP contribution in [-0.2, 0) is 15.7 Å². The summed E-state index contributed by atoms with van der Waals surface area (Å²) >= 11 is 0. The van der Waals surface area contributed by atoms with Gasteiger partial charge in [-0.25, -0.2) is 20.2 Å². The second-order valence-corrected chi connectivity index (χ2v) is 8.24. The summed E-state index contributed by atoms with van der Waals surface area (Å²) in [5.74, 6) is -3.34. The number of ether oxygens (including phenoxy) is 1. The van der Waals surface area contributed by atoms with Crippen molar-refractivity contribution < 1.29 is 40.7 Å². The largest absolute Gasteiger partial charge is 0.448 e. The summed E-state index contributed by atoms with van der Waals surface area (Å²) in [6, 6.07) is -1.92. The average Bonchev–Trinajstić information content (AvgIpc) is 3.02. The van der Waals surface area contributed by atoms with Gasteiger partial charge in [0.05, 0.1) is 5.56 Å². The van der Waals surface area contributed by atoms with Crippen molar-refractivity contribution in [2.75, 3.05) is 44.2 Å². The van der Waals surface area contributed by atoms with Crippen LogP contribution in [0.5, 0.6) is 0 Å². The molecular weight excluding hydrogens is 488 g/mol. The van der Waals surface area contributed by atoms with Crippen molar-refractivity contribution in [3.63, 3.8) is 0 Å². The van der Waals surface area contributed by atoms with E-state index in [1.54, 1.807) is 4.90 Å². The van der Waals surface area contributed by atoms with Gasteiger partial charge in [0.25, 0.3) is 0 Å². The molecule has 0 spiro atoms. The van der Waals surface area contributed by atoms with Crippen LogP contribution in [0.4, 0.5) is 37.1 Å². The maximum atomic E-state index is 13.2. The van der Waals surface area contributed by atoms with Crippen LogP contribution in [0, 0.1) is 5.92 Å². The number of nitrogens with one attached hydrogen (secondary N) is 3. The Labute approximate surface area is 196 Å². The fourth-order valence-electron chi connectivity index (χ4n) is 3.79. The van der Waals surface area contributed by atoms with E-state index in [0.717, 1.165) is 0 Å². The van der Waals surface area contributed by atoms with Gasteiger partial charge in [-0.05, 0) is 13.3 Å². The summed E-state index contributed by atoms with van der Waals surface area (Å²) in [4.78, 5) is 34.7. The van der Waals surface area contributed by atoms with Crippen molar-refractivity contribution in [2.45, 2.75) is 37.8 Å². The number of halogens is 6. The molecule has 196 valence electrons. The van der Waals surface area contributed by atoms with Crippen molar-refractivity contribution in [3.05, 3.63) is 18.0 Å². The van der Waals surface area contributed by atoms with E-state index in [2.05, 4.69) is 20.7 Å². The smallest absolute Gasteiger partial charge is 0.419 e. The zero-order chi connectivity index (χ0) is 25.8. The molecule has 3 N–H and O–H groups in total. The molecule has 0 aliphatic carbocycles. The van der Waals surface area contributed by atoms with Crippen LogP contribution in [0.3, 0.4) is 0 Å². The first-order chi connectivity index (χ1) is 16.4. The Kier molecular flexibility index (Phi) is 8.25. The zero-order valence-electron chi connectivity index (χ0n) is 18.6. The molecule has 3 heterocycles. The van der Waals surface area contributed by atoms with E-state index in [1.807, 2.05) is 5.43 Å². The van der Waals surface area contributed by atoms with Crippen molar-refractivity contribution in [3.8, 4) is 0 Å². The van der Waals surface area contributed by atoms with E-state index in [1.165, 1.54) is 11.8 Å². The quantitative estimate of drug-likeness (QED) is 0.506. The number of anilines is 1. The number of alkyl halides is 6. The summed E-state index contributed by atoms with van der Waals surface area (Å²) in [5, 5.41) is 2.68. The minimum atomic E-state index is -4.74. The predicted octanol–water partition coefficient (Wildman–Crippen LogP) is 1.30. The zero-order valence-corrected chi connectivity index (χ0v) is 18.6. The topological polar surface area (TPSA) is 112 Å². The second kappa shape index (κ2) is 10.8. The molecule has 35 heavy (non-hydrogen) atoms. The van der Waals surface area contributed by atoms with Gasteiger partial charge in [0.1, 0.15) is 6.61 Å². The van der Waals surface area contributed by atoms with Crippen LogP contribution in [-0.4, -0.2) is 84.5 Å². The van der Waals surface area contributed by atoms with Crippen molar-refractivity contribution in [1.29, 1.82) is 0 Å². The molecule has 2 aliphatic heterocycles. The lowest BCUT2D eigenvalue weighted by molar-refractivity contribution is -0.193. The number of aromatic nitrogens is 2. The Hall–Kier alpha value is -2.88. The molecular formula is C19H25F6N7O3. The van der Waals surface area contributed by atoms with Crippen molar-refractivity contribution in [1.82, 2.24) is 31.0 Å². The number of hydrogen-bond acceptors (Lipinski definition) is 8. The summed E-state index contributed by atoms with van der Waals surface area (Å²) < 4.78 is 83.0. The molecule has 1 aromatic heterocycles. The van der Waals surface area contributed by atoms with Gasteiger partial charge in [0.15, 0.2) is 5.92 Å². The SMILES string of the molecule is C[C@@H](COC(=O)N1CCCN(c2ncc(C(F)(F)F)cn2)CC1)NC1CNNC(=O)C1C(F)(F)F. The predicted molar refractivity (Wildman–Crippen MR) is 109 cm³/mol. The first-order valence-corrected chi connectivity index (χ1v) is 10.8. The van der Waals surface area contributed by atoms with Gasteiger partial charge in [-0.1, -0.05) is 0 Å². The van der Waals surface area contributed by atoms with Gasteiger partial charge < -0.3 is 19.9 Å². The lowest BCUT2D eigenvalue weighted by atomic mass is 9.96. The summed E-state index contributed by atoms with van der Waals surface area (Å²) in [6.07, 6.45) is -8.10. The summed E-state index contributed by atoms with van der Waals surface area (Å²) in [6.45, 7) is 2.28. The van der Waals surface area contributed by atoms with Crippen LogP contribution in [0.15, 0.2) is 12.4 Å². The van der Waals surface area contributed by atoms with Crippen molar-refractivity contribution in [2.24, 2.45) is 5.92 Å². The number of carbonyl (C=O) groups excluding carboxylic acids is 2. The Bertz CT molecular complexity index is 883. The van der Waals surface area contributed by atoms with Gasteiger partial charge in [-0.3, -0.25) is 10.2 Å². The lowest BCUT2D eigenvalue weighted by Crippen LogP contribution is -2.65. The van der Waals surface area contributed by atoms with Crippen LogP contribution < -0.4 is 21.1 Å². The fraction of sp³-hybridized carbons (Fsp3) is 0.684. The van der Waals surface area contributed by atoms with E-state index in [4.69, 9.17) is 4.74 Å². The summed E-state index contributed by atoms with van der Waals surface area (Å²) in [5.41, 5.74) is 3.39. The van der Waals surface area contributed by atoms with Gasteiger partial charge >= 0.3 is 18.4 Å². The van der Waals surface area contributed by atoms with Gasteiger partial charge in [-0.2, -0.15) is 26.3 Å². The minimum absolute atomic E-state index is 0.107. The van der Waals surface area contributed by atoms with Crippen LogP contribution in [0.2, 0.25) is 0 Å². The molecule has 0 saturated carbocycles. The minimum Gasteiger partial charge on any atom is -0.448 e. The summed E-state index contributed by atoms with van der Waals surface area (Å²) in [7, 11) is 0. The van der Waals surface area contributed by atoms with E-state index < -0.39 is 47.9 Å². The van der Waals surface area contributed by atoms with E-state index in [0.29, 0.717) is 31.9 Å². The third kappa shape index (κ3) is 7.06. The van der Waals surface area contributed by atoms with Gasteiger partial charge in [-0.15, -0.1) is 0 Å². The molecule has 10 nitrogen and oxygen atoms in total. The molecule has 2 saturated heterocycles. The highest BCUT2D eigenvalue weighted by Gasteiger charge is 2.51. The first kappa shape index (κ1) is 26.7. The van der Waals surface area contributed by atoms with Gasteiger partial charge in [0.2, 0.25) is 11.9 Å². The highest BCUT2D eigenvalue weighted by molar-refractivity contribution is 5.80. The van der Waals surface area contributed by atoms with Crippen LogP contribution in [0.1, 0.15) is 18.9 Å². The Balaban J connectivity index is 1.48. The van der Waals surface area contributed by atoms with Crippen LogP contribution >= 0.6 is 0 Å². The fourth-order valence-corrected chi connectivity index (χ4v) is 3.79. The molecule has 0 aromatic carbocycles. The average molecular weight is 513 g/mol. The molecule has 0 radical (unpaired) electrons. The van der Waals surface area contributed by atoms with Crippen LogP contribution in [0.25, 0.3) is 0 Å². The third-order valence-corrected chi connectivity index (χ3v) is 5.53. The van der Waals surface area contributed by atoms with E-state index in [9.17, 15) is 35.9 Å². The van der Waals surface area contributed by atoms with E-state index in [-0.39, 0.29) is 32.2 Å². The number of amides is 2. The Morgan fingerprint density at radius 1 is 1.17 bits per heavy atom. The van der Waals surface area contributed by atoms with Crippen molar-refractivity contribution >= 4 is 17.9 Å². The first-order valence-electron chi connectivity index (χ1n) is 10.8. The molecule has 3 atom stereocenters. The maximum absolute atomic E-state index is 13.2. The molecule has 16 heteroatoms. The molecule has 3 rings (SSSR count). The normalized spacial score (nSPS) is 22.9. The number of hydrazine groups is 1. The van der Waals surface area contributed by atoms with Gasteiger partial charge in [0, 0.05) is 57.2 Å². The number of rotatable bonds is 5. The molecule has 2 amide bonds. The maximum Gasteiger partial charge on any atom is 0.419 e. The Morgan fingerprint density at radius 2 is 1.86 bits per heavy atom. The highest BCUT2D eigenvalue weighted by atomic mass is 19.4. The number of nitrogens with zero attached hydrogens (tertiary/aromatic N) is 4. The van der Waals surface area contributed by atoms with E-state index >= 15 is 0 Å². The molecule has 0 bridgehead atoms.